The summed E-state index contributed by atoms with van der Waals surface area (Å²) in [5.41, 5.74) is 3.15. The lowest BCUT2D eigenvalue weighted by molar-refractivity contribution is 0.122. The fourth-order valence-corrected chi connectivity index (χ4v) is 3.13. The third-order valence-electron chi connectivity index (χ3n) is 4.42. The maximum absolute atomic E-state index is 5.45. The van der Waals surface area contributed by atoms with Crippen molar-refractivity contribution >= 4 is 28.4 Å². The first-order chi connectivity index (χ1) is 12.3. The summed E-state index contributed by atoms with van der Waals surface area (Å²) in [4.78, 5) is 14.9. The van der Waals surface area contributed by atoms with E-state index in [1.807, 2.05) is 6.20 Å². The minimum Gasteiger partial charge on any atom is -0.378 e. The molecule has 0 aliphatic carbocycles. The van der Waals surface area contributed by atoms with Crippen molar-refractivity contribution in [1.82, 2.24) is 15.0 Å². The smallest absolute Gasteiger partial charge is 0.229 e. The van der Waals surface area contributed by atoms with Gasteiger partial charge >= 0.3 is 0 Å². The van der Waals surface area contributed by atoms with Crippen molar-refractivity contribution < 1.29 is 4.74 Å². The monoisotopic (exact) mass is 337 g/mol. The van der Waals surface area contributed by atoms with Gasteiger partial charge in [-0.25, -0.2) is 4.98 Å². The lowest BCUT2D eigenvalue weighted by Gasteiger charge is -2.28. The number of hydrogen-bond acceptors (Lipinski definition) is 5. The Bertz CT molecular complexity index is 854. The summed E-state index contributed by atoms with van der Waals surface area (Å²) in [6, 6.07) is 10.4. The Hall–Kier alpha value is -2.60. The molecule has 6 nitrogen and oxygen atoms in total. The molecule has 0 radical (unpaired) electrons. The first kappa shape index (κ1) is 15.9. The topological polar surface area (TPSA) is 66.1 Å². The average Bonchev–Trinajstić information content (AvgIpc) is 3.10. The fraction of sp³-hybridized carbons (Fsp3) is 0.368. The molecular weight excluding hydrogens is 314 g/mol. The van der Waals surface area contributed by atoms with E-state index in [9.17, 15) is 0 Å². The summed E-state index contributed by atoms with van der Waals surface area (Å²) in [6.07, 6.45) is 3.96. The molecule has 2 aromatic heterocycles. The summed E-state index contributed by atoms with van der Waals surface area (Å²) in [5, 5.41) is 4.56. The van der Waals surface area contributed by atoms with Crippen molar-refractivity contribution in [3.8, 4) is 0 Å². The molecule has 25 heavy (non-hydrogen) atoms. The van der Waals surface area contributed by atoms with Crippen LogP contribution in [-0.2, 0) is 11.2 Å². The van der Waals surface area contributed by atoms with Crippen molar-refractivity contribution in [2.45, 2.75) is 19.8 Å². The van der Waals surface area contributed by atoms with E-state index in [1.165, 1.54) is 5.39 Å². The predicted octanol–water partition coefficient (Wildman–Crippen LogP) is 3.49. The van der Waals surface area contributed by atoms with Gasteiger partial charge in [0.05, 0.1) is 13.2 Å². The number of rotatable bonds is 5. The molecule has 1 aliphatic rings. The van der Waals surface area contributed by atoms with Gasteiger partial charge in [0, 0.05) is 42.3 Å². The maximum Gasteiger partial charge on any atom is 0.229 e. The largest absolute Gasteiger partial charge is 0.378 e. The fourth-order valence-electron chi connectivity index (χ4n) is 3.13. The molecular formula is C19H23N5O. The Balaban J connectivity index is 1.63. The Morgan fingerprint density at radius 1 is 1.16 bits per heavy atom. The molecule has 1 aliphatic heterocycles. The number of hydrogen-bond donors (Lipinski definition) is 2. The lowest BCUT2D eigenvalue weighted by Crippen LogP contribution is -2.37. The van der Waals surface area contributed by atoms with Crippen LogP contribution in [0, 0.1) is 0 Å². The van der Waals surface area contributed by atoms with E-state index in [1.54, 1.807) is 0 Å². The van der Waals surface area contributed by atoms with Gasteiger partial charge in [-0.1, -0.05) is 19.4 Å². The molecule has 1 saturated heterocycles. The van der Waals surface area contributed by atoms with Crippen LogP contribution < -0.4 is 10.2 Å². The molecule has 0 atom stereocenters. The van der Waals surface area contributed by atoms with Crippen LogP contribution in [0.3, 0.4) is 0 Å². The Labute approximate surface area is 147 Å². The van der Waals surface area contributed by atoms with Gasteiger partial charge in [0.15, 0.2) is 0 Å². The summed E-state index contributed by atoms with van der Waals surface area (Å²) in [6.45, 7) is 5.41. The lowest BCUT2D eigenvalue weighted by atomic mass is 10.2. The van der Waals surface area contributed by atoms with E-state index < -0.39 is 0 Å². The highest BCUT2D eigenvalue weighted by molar-refractivity contribution is 5.83. The van der Waals surface area contributed by atoms with Crippen LogP contribution in [0.4, 0.5) is 17.5 Å². The number of anilines is 3. The summed E-state index contributed by atoms with van der Waals surface area (Å²) < 4.78 is 5.45. The third kappa shape index (κ3) is 3.58. The quantitative estimate of drug-likeness (QED) is 0.746. The molecule has 0 amide bonds. The number of H-pyrrole nitrogens is 1. The van der Waals surface area contributed by atoms with Crippen molar-refractivity contribution in [2.24, 2.45) is 0 Å². The van der Waals surface area contributed by atoms with Gasteiger partial charge in [-0.3, -0.25) is 0 Å². The molecule has 0 bridgehead atoms. The number of morpholine rings is 1. The van der Waals surface area contributed by atoms with E-state index in [-0.39, 0.29) is 0 Å². The number of benzene rings is 1. The van der Waals surface area contributed by atoms with Crippen LogP contribution in [0.2, 0.25) is 0 Å². The van der Waals surface area contributed by atoms with E-state index in [0.29, 0.717) is 5.95 Å². The molecule has 1 fully saturated rings. The van der Waals surface area contributed by atoms with E-state index >= 15 is 0 Å². The summed E-state index contributed by atoms with van der Waals surface area (Å²) in [7, 11) is 0. The van der Waals surface area contributed by atoms with Crippen LogP contribution in [-0.4, -0.2) is 41.3 Å². The third-order valence-corrected chi connectivity index (χ3v) is 4.42. The summed E-state index contributed by atoms with van der Waals surface area (Å²) in [5.74, 6) is 1.63. The molecule has 130 valence electrons. The number of aromatic nitrogens is 3. The Morgan fingerprint density at radius 2 is 2.04 bits per heavy atom. The number of ether oxygens (including phenoxy) is 1. The van der Waals surface area contributed by atoms with Gasteiger partial charge in [-0.2, -0.15) is 4.98 Å². The molecule has 6 heteroatoms. The van der Waals surface area contributed by atoms with Crippen molar-refractivity contribution in [3.63, 3.8) is 0 Å². The Morgan fingerprint density at radius 3 is 2.88 bits per heavy atom. The van der Waals surface area contributed by atoms with Gasteiger partial charge in [0.25, 0.3) is 0 Å². The zero-order valence-electron chi connectivity index (χ0n) is 14.5. The van der Waals surface area contributed by atoms with E-state index in [0.717, 1.165) is 61.9 Å². The molecule has 3 heterocycles. The first-order valence-corrected chi connectivity index (χ1v) is 8.86. The van der Waals surface area contributed by atoms with Gasteiger partial charge in [0.2, 0.25) is 5.95 Å². The molecule has 3 aromatic rings. The second-order valence-electron chi connectivity index (χ2n) is 6.30. The highest BCUT2D eigenvalue weighted by Gasteiger charge is 2.15. The first-order valence-electron chi connectivity index (χ1n) is 8.86. The zero-order chi connectivity index (χ0) is 17.1. The van der Waals surface area contributed by atoms with E-state index in [4.69, 9.17) is 14.7 Å². The minimum absolute atomic E-state index is 0.651. The highest BCUT2D eigenvalue weighted by Crippen LogP contribution is 2.23. The number of nitrogens with one attached hydrogen (secondary N) is 2. The SMILES string of the molecule is CCCc1cc(N2CCOCC2)nc(Nc2ccc3cc[nH]c3c2)n1. The second kappa shape index (κ2) is 7.11. The Kier molecular flexibility index (Phi) is 4.52. The van der Waals surface area contributed by atoms with Gasteiger partial charge in [-0.15, -0.1) is 0 Å². The van der Waals surface area contributed by atoms with Crippen molar-refractivity contribution in [2.75, 3.05) is 36.5 Å². The maximum atomic E-state index is 5.45. The van der Waals surface area contributed by atoms with Gasteiger partial charge in [0.1, 0.15) is 5.82 Å². The number of fused-ring (bicyclic) bond motifs is 1. The van der Waals surface area contributed by atoms with Crippen LogP contribution >= 0.6 is 0 Å². The van der Waals surface area contributed by atoms with Gasteiger partial charge in [-0.05, 0) is 30.0 Å². The van der Waals surface area contributed by atoms with Crippen molar-refractivity contribution in [1.29, 1.82) is 0 Å². The van der Waals surface area contributed by atoms with Crippen LogP contribution in [0.25, 0.3) is 10.9 Å². The standard InChI is InChI=1S/C19H23N5O/c1-2-3-15-13-18(24-8-10-25-11-9-24)23-19(21-15)22-16-5-4-14-6-7-20-17(14)12-16/h4-7,12-13,20H,2-3,8-11H2,1H3,(H,21,22,23). The van der Waals surface area contributed by atoms with Crippen LogP contribution in [0.1, 0.15) is 19.0 Å². The average molecular weight is 337 g/mol. The van der Waals surface area contributed by atoms with Crippen molar-refractivity contribution in [3.05, 3.63) is 42.2 Å². The zero-order valence-corrected chi connectivity index (χ0v) is 14.5. The molecule has 2 N–H and O–H groups in total. The second-order valence-corrected chi connectivity index (χ2v) is 6.30. The van der Waals surface area contributed by atoms with Crippen LogP contribution in [0.5, 0.6) is 0 Å². The van der Waals surface area contributed by atoms with Crippen LogP contribution in [0.15, 0.2) is 36.5 Å². The molecule has 0 spiro atoms. The predicted molar refractivity (Wildman–Crippen MR) is 101 cm³/mol. The normalized spacial score (nSPS) is 14.8. The number of aromatic amines is 1. The number of nitrogens with zero attached hydrogens (tertiary/aromatic N) is 3. The summed E-state index contributed by atoms with van der Waals surface area (Å²) >= 11 is 0. The molecule has 0 saturated carbocycles. The molecule has 4 rings (SSSR count). The van der Waals surface area contributed by atoms with Gasteiger partial charge < -0.3 is 19.9 Å². The minimum atomic E-state index is 0.651. The highest BCUT2D eigenvalue weighted by atomic mass is 16.5. The molecule has 1 aromatic carbocycles. The number of aryl methyl sites for hydroxylation is 1. The van der Waals surface area contributed by atoms with E-state index in [2.05, 4.69) is 52.5 Å². The molecule has 0 unspecified atom stereocenters.